The van der Waals surface area contributed by atoms with Gasteiger partial charge in [0, 0.05) is 19.5 Å². The molecule has 4 heteroatoms. The number of carbonyl (C=O) groups excluding carboxylic acids is 2. The van der Waals surface area contributed by atoms with Gasteiger partial charge >= 0.3 is 0 Å². The Bertz CT molecular complexity index is 1030. The first kappa shape index (κ1) is 24.2. The molecule has 3 aromatic carbocycles. The van der Waals surface area contributed by atoms with Gasteiger partial charge in [0.05, 0.1) is 6.42 Å². The third-order valence-corrected chi connectivity index (χ3v) is 5.76. The lowest BCUT2D eigenvalue weighted by molar-refractivity contribution is -0.140. The van der Waals surface area contributed by atoms with Crippen LogP contribution in [0.5, 0.6) is 0 Å². The van der Waals surface area contributed by atoms with Crippen LogP contribution in [0, 0.1) is 12.8 Å². The lowest BCUT2D eigenvalue weighted by Gasteiger charge is -2.32. The van der Waals surface area contributed by atoms with Crippen molar-refractivity contribution in [1.82, 2.24) is 10.2 Å². The first-order valence-electron chi connectivity index (χ1n) is 11.6. The van der Waals surface area contributed by atoms with Gasteiger partial charge in [0.2, 0.25) is 11.8 Å². The van der Waals surface area contributed by atoms with Gasteiger partial charge in [0.25, 0.3) is 0 Å². The lowest BCUT2D eigenvalue weighted by Crippen LogP contribution is -2.51. The molecule has 0 aliphatic carbocycles. The Morgan fingerprint density at radius 3 is 2.00 bits per heavy atom. The number of nitrogens with zero attached hydrogens (tertiary/aromatic N) is 1. The van der Waals surface area contributed by atoms with E-state index in [1.165, 1.54) is 0 Å². The van der Waals surface area contributed by atoms with Crippen LogP contribution in [-0.4, -0.2) is 29.3 Å². The first-order chi connectivity index (χ1) is 15.9. The van der Waals surface area contributed by atoms with Gasteiger partial charge in [-0.1, -0.05) is 98.8 Å². The summed E-state index contributed by atoms with van der Waals surface area (Å²) in [4.78, 5) is 28.8. The molecule has 0 spiro atoms. The summed E-state index contributed by atoms with van der Waals surface area (Å²) in [6, 6.07) is 27.1. The molecule has 0 fully saturated rings. The predicted molar refractivity (Wildman–Crippen MR) is 134 cm³/mol. The largest absolute Gasteiger partial charge is 0.354 e. The molecule has 0 aromatic heterocycles. The van der Waals surface area contributed by atoms with E-state index in [9.17, 15) is 9.59 Å². The van der Waals surface area contributed by atoms with Crippen LogP contribution in [0.3, 0.4) is 0 Å². The SMILES string of the molecule is Cc1ccccc1CN(C(=O)Cc1ccccc1)[C@@H](Cc1ccccc1)C(=O)NCC(C)C. The molecule has 3 rings (SSSR count). The second kappa shape index (κ2) is 12.0. The number of amides is 2. The van der Waals surface area contributed by atoms with Gasteiger partial charge in [-0.05, 0) is 35.1 Å². The Labute approximate surface area is 197 Å². The van der Waals surface area contributed by atoms with Crippen LogP contribution < -0.4 is 5.32 Å². The lowest BCUT2D eigenvalue weighted by atomic mass is 10.00. The van der Waals surface area contributed by atoms with E-state index in [1.807, 2.05) is 91.9 Å². The molecule has 33 heavy (non-hydrogen) atoms. The molecule has 0 saturated carbocycles. The summed E-state index contributed by atoms with van der Waals surface area (Å²) in [5.41, 5.74) is 4.13. The van der Waals surface area contributed by atoms with Crippen molar-refractivity contribution in [1.29, 1.82) is 0 Å². The van der Waals surface area contributed by atoms with E-state index in [0.29, 0.717) is 25.4 Å². The zero-order valence-corrected chi connectivity index (χ0v) is 19.8. The fourth-order valence-electron chi connectivity index (χ4n) is 3.82. The normalized spacial score (nSPS) is 11.8. The number of rotatable bonds is 10. The number of nitrogens with one attached hydrogen (secondary N) is 1. The van der Waals surface area contributed by atoms with Gasteiger partial charge in [-0.15, -0.1) is 0 Å². The molecule has 0 unspecified atom stereocenters. The summed E-state index contributed by atoms with van der Waals surface area (Å²) in [6.45, 7) is 7.15. The van der Waals surface area contributed by atoms with Crippen LogP contribution in [0.25, 0.3) is 0 Å². The Morgan fingerprint density at radius 2 is 1.39 bits per heavy atom. The van der Waals surface area contributed by atoms with Gasteiger partial charge < -0.3 is 10.2 Å². The molecule has 0 radical (unpaired) electrons. The van der Waals surface area contributed by atoms with Crippen LogP contribution in [0.2, 0.25) is 0 Å². The summed E-state index contributed by atoms with van der Waals surface area (Å²) in [5, 5.41) is 3.07. The van der Waals surface area contributed by atoms with Gasteiger partial charge in [-0.25, -0.2) is 0 Å². The molecule has 2 amide bonds. The number of hydrogen-bond donors (Lipinski definition) is 1. The fraction of sp³-hybridized carbons (Fsp3) is 0.310. The summed E-state index contributed by atoms with van der Waals surface area (Å²) < 4.78 is 0. The van der Waals surface area contributed by atoms with E-state index in [4.69, 9.17) is 0 Å². The summed E-state index contributed by atoms with van der Waals surface area (Å²) in [7, 11) is 0. The highest BCUT2D eigenvalue weighted by molar-refractivity contribution is 5.88. The molecule has 3 aromatic rings. The molecule has 0 aliphatic rings. The van der Waals surface area contributed by atoms with Gasteiger partial charge in [0.1, 0.15) is 6.04 Å². The van der Waals surface area contributed by atoms with E-state index < -0.39 is 6.04 Å². The summed E-state index contributed by atoms with van der Waals surface area (Å²) in [6.07, 6.45) is 0.729. The molecule has 1 atom stereocenters. The Morgan fingerprint density at radius 1 is 0.818 bits per heavy atom. The number of aryl methyl sites for hydroxylation is 1. The van der Waals surface area contributed by atoms with Crippen molar-refractivity contribution in [3.05, 3.63) is 107 Å². The van der Waals surface area contributed by atoms with Crippen molar-refractivity contribution >= 4 is 11.8 Å². The van der Waals surface area contributed by atoms with Crippen LogP contribution in [-0.2, 0) is 29.0 Å². The molecular weight excluding hydrogens is 408 g/mol. The second-order valence-electron chi connectivity index (χ2n) is 8.96. The highest BCUT2D eigenvalue weighted by Gasteiger charge is 2.30. The van der Waals surface area contributed by atoms with Crippen LogP contribution in [0.15, 0.2) is 84.9 Å². The van der Waals surface area contributed by atoms with E-state index in [2.05, 4.69) is 19.2 Å². The number of hydrogen-bond acceptors (Lipinski definition) is 2. The highest BCUT2D eigenvalue weighted by atomic mass is 16.2. The molecular formula is C29H34N2O2. The van der Waals surface area contributed by atoms with Gasteiger partial charge in [-0.3, -0.25) is 9.59 Å². The smallest absolute Gasteiger partial charge is 0.243 e. The number of benzene rings is 3. The topological polar surface area (TPSA) is 49.4 Å². The zero-order valence-electron chi connectivity index (χ0n) is 19.8. The molecule has 0 heterocycles. The standard InChI is InChI=1S/C29H34N2O2/c1-22(2)20-30-29(33)27(18-24-13-6-4-7-14-24)31(21-26-17-11-10-12-23(26)3)28(32)19-25-15-8-5-9-16-25/h4-17,22,27H,18-21H2,1-3H3,(H,30,33)/t27-/m0/s1. The number of carbonyl (C=O) groups is 2. The van der Waals surface area contributed by atoms with Gasteiger partial charge in [-0.2, -0.15) is 0 Å². The molecule has 4 nitrogen and oxygen atoms in total. The molecule has 172 valence electrons. The maximum absolute atomic E-state index is 13.6. The highest BCUT2D eigenvalue weighted by Crippen LogP contribution is 2.18. The maximum atomic E-state index is 13.6. The Hall–Kier alpha value is -3.40. The van der Waals surface area contributed by atoms with E-state index in [1.54, 1.807) is 4.90 Å². The van der Waals surface area contributed by atoms with Crippen LogP contribution in [0.4, 0.5) is 0 Å². The minimum Gasteiger partial charge on any atom is -0.354 e. The minimum atomic E-state index is -0.595. The molecule has 0 bridgehead atoms. The second-order valence-corrected chi connectivity index (χ2v) is 8.96. The molecule has 0 aliphatic heterocycles. The molecule has 0 saturated heterocycles. The van der Waals surface area contributed by atoms with Crippen LogP contribution in [0.1, 0.15) is 36.1 Å². The third-order valence-electron chi connectivity index (χ3n) is 5.76. The fourth-order valence-corrected chi connectivity index (χ4v) is 3.82. The Kier molecular flexibility index (Phi) is 8.82. The van der Waals surface area contributed by atoms with Gasteiger partial charge in [0.15, 0.2) is 0 Å². The first-order valence-corrected chi connectivity index (χ1v) is 11.6. The quantitative estimate of drug-likeness (QED) is 0.483. The van der Waals surface area contributed by atoms with E-state index in [-0.39, 0.29) is 18.2 Å². The maximum Gasteiger partial charge on any atom is 0.243 e. The Balaban J connectivity index is 1.95. The third kappa shape index (κ3) is 7.31. The predicted octanol–water partition coefficient (Wildman–Crippen LogP) is 4.95. The monoisotopic (exact) mass is 442 g/mol. The molecule has 1 N–H and O–H groups in total. The average molecular weight is 443 g/mol. The van der Waals surface area contributed by atoms with Crippen molar-refractivity contribution in [2.45, 2.75) is 46.2 Å². The summed E-state index contributed by atoms with van der Waals surface area (Å²) in [5.74, 6) is 0.170. The average Bonchev–Trinajstić information content (AvgIpc) is 2.82. The zero-order chi connectivity index (χ0) is 23.6. The van der Waals surface area contributed by atoms with Crippen LogP contribution >= 0.6 is 0 Å². The van der Waals surface area contributed by atoms with Crippen molar-refractivity contribution in [2.75, 3.05) is 6.54 Å². The van der Waals surface area contributed by atoms with Crippen molar-refractivity contribution in [2.24, 2.45) is 5.92 Å². The minimum absolute atomic E-state index is 0.0509. The van der Waals surface area contributed by atoms with Crippen molar-refractivity contribution in [3.8, 4) is 0 Å². The summed E-state index contributed by atoms with van der Waals surface area (Å²) >= 11 is 0. The van der Waals surface area contributed by atoms with Crippen molar-refractivity contribution < 1.29 is 9.59 Å². The van der Waals surface area contributed by atoms with Crippen molar-refractivity contribution in [3.63, 3.8) is 0 Å². The van der Waals surface area contributed by atoms with E-state index in [0.717, 1.165) is 22.3 Å². The van der Waals surface area contributed by atoms with E-state index >= 15 is 0 Å².